The maximum Gasteiger partial charge on any atom is 0.161 e. The van der Waals surface area contributed by atoms with Crippen LogP contribution in [0.1, 0.15) is 30.5 Å². The molecule has 0 heterocycles. The third-order valence-corrected chi connectivity index (χ3v) is 3.24. The fraction of sp³-hybridized carbons (Fsp3) is 0.278. The van der Waals surface area contributed by atoms with Crippen LogP contribution in [0, 0.1) is 11.3 Å². The van der Waals surface area contributed by atoms with Gasteiger partial charge in [0.1, 0.15) is 6.61 Å². The smallest absolute Gasteiger partial charge is 0.161 e. The molecule has 0 aliphatic rings. The second-order valence-electron chi connectivity index (χ2n) is 4.88. The van der Waals surface area contributed by atoms with Gasteiger partial charge < -0.3 is 15.2 Å². The van der Waals surface area contributed by atoms with Gasteiger partial charge in [0.25, 0.3) is 0 Å². The molecule has 2 N–H and O–H groups in total. The summed E-state index contributed by atoms with van der Waals surface area (Å²) in [4.78, 5) is 0. The van der Waals surface area contributed by atoms with Crippen LogP contribution < -0.4 is 15.2 Å². The van der Waals surface area contributed by atoms with Crippen molar-refractivity contribution in [2.75, 3.05) is 6.61 Å². The van der Waals surface area contributed by atoms with Crippen LogP contribution in [0.15, 0.2) is 48.5 Å². The van der Waals surface area contributed by atoms with Crippen LogP contribution in [0.5, 0.6) is 11.5 Å². The van der Waals surface area contributed by atoms with E-state index >= 15 is 0 Å². The number of halogens is 1. The zero-order chi connectivity index (χ0) is 15.8. The summed E-state index contributed by atoms with van der Waals surface area (Å²) in [6.07, 6.45) is 0.274. The number of nitrogens with zero attached hydrogens (tertiary/aromatic N) is 1. The van der Waals surface area contributed by atoms with Gasteiger partial charge in [-0.15, -0.1) is 12.4 Å². The summed E-state index contributed by atoms with van der Waals surface area (Å²) in [6, 6.07) is 17.3. The molecule has 0 saturated heterocycles. The number of nitriles is 1. The van der Waals surface area contributed by atoms with Gasteiger partial charge >= 0.3 is 0 Å². The number of hydrogen-bond acceptors (Lipinski definition) is 4. The van der Waals surface area contributed by atoms with Gasteiger partial charge in [0.2, 0.25) is 0 Å². The second-order valence-corrected chi connectivity index (χ2v) is 4.88. The van der Waals surface area contributed by atoms with E-state index in [1.54, 1.807) is 0 Å². The lowest BCUT2D eigenvalue weighted by atomic mass is 10.0. The van der Waals surface area contributed by atoms with Crippen LogP contribution in [0.2, 0.25) is 0 Å². The van der Waals surface area contributed by atoms with Gasteiger partial charge in [0.15, 0.2) is 11.5 Å². The van der Waals surface area contributed by atoms with Crippen LogP contribution in [0.25, 0.3) is 0 Å². The van der Waals surface area contributed by atoms with E-state index in [1.165, 1.54) is 0 Å². The van der Waals surface area contributed by atoms with Crippen molar-refractivity contribution < 1.29 is 9.47 Å². The zero-order valence-corrected chi connectivity index (χ0v) is 13.9. The number of rotatable bonds is 7. The number of hydrogen-bond donors (Lipinski definition) is 1. The zero-order valence-electron chi connectivity index (χ0n) is 13.1. The van der Waals surface area contributed by atoms with E-state index < -0.39 is 0 Å². The first-order valence-corrected chi connectivity index (χ1v) is 7.30. The van der Waals surface area contributed by atoms with Crippen LogP contribution in [0.3, 0.4) is 0 Å². The quantitative estimate of drug-likeness (QED) is 0.832. The van der Waals surface area contributed by atoms with Crippen LogP contribution >= 0.6 is 12.4 Å². The Hall–Kier alpha value is -2.22. The fourth-order valence-electron chi connectivity index (χ4n) is 2.09. The average molecular weight is 333 g/mol. The monoisotopic (exact) mass is 332 g/mol. The van der Waals surface area contributed by atoms with Crippen LogP contribution in [-0.2, 0) is 6.61 Å². The molecule has 2 rings (SSSR count). The average Bonchev–Trinajstić information content (AvgIpc) is 2.55. The Bertz CT molecular complexity index is 641. The van der Waals surface area contributed by atoms with Gasteiger partial charge in [-0.3, -0.25) is 0 Å². The summed E-state index contributed by atoms with van der Waals surface area (Å²) in [7, 11) is 0. The molecule has 5 heteroatoms. The molecule has 0 unspecified atom stereocenters. The molecule has 0 aliphatic carbocycles. The van der Waals surface area contributed by atoms with E-state index in [1.807, 2.05) is 55.5 Å². The van der Waals surface area contributed by atoms with Crippen LogP contribution in [-0.4, -0.2) is 6.61 Å². The molecular weight excluding hydrogens is 312 g/mol. The highest BCUT2D eigenvalue weighted by Crippen LogP contribution is 2.31. The Balaban J connectivity index is 0.00000264. The highest BCUT2D eigenvalue weighted by molar-refractivity contribution is 5.85. The van der Waals surface area contributed by atoms with Crippen molar-refractivity contribution in [1.82, 2.24) is 0 Å². The molecule has 0 aromatic heterocycles. The SMILES string of the molecule is CCOc1cc([C@@H](N)CC#N)ccc1OCc1ccccc1.Cl. The lowest BCUT2D eigenvalue weighted by Crippen LogP contribution is -2.10. The van der Waals surface area contributed by atoms with E-state index in [2.05, 4.69) is 6.07 Å². The van der Waals surface area contributed by atoms with E-state index in [0.717, 1.165) is 11.1 Å². The molecule has 1 atom stereocenters. The third-order valence-electron chi connectivity index (χ3n) is 3.24. The first kappa shape index (κ1) is 18.8. The molecule has 2 aromatic carbocycles. The third kappa shape index (κ3) is 5.48. The van der Waals surface area contributed by atoms with Crippen molar-refractivity contribution in [2.45, 2.75) is 26.0 Å². The number of ether oxygens (including phenoxy) is 2. The number of nitrogens with two attached hydrogens (primary N) is 1. The Morgan fingerprint density at radius 2 is 1.83 bits per heavy atom. The molecule has 0 fully saturated rings. The second kappa shape index (κ2) is 9.73. The molecule has 122 valence electrons. The molecule has 2 aromatic rings. The van der Waals surface area contributed by atoms with Gasteiger partial charge in [0.05, 0.1) is 19.1 Å². The predicted molar refractivity (Wildman–Crippen MR) is 92.8 cm³/mol. The largest absolute Gasteiger partial charge is 0.490 e. The van der Waals surface area contributed by atoms with Gasteiger partial charge in [-0.1, -0.05) is 36.4 Å². The molecule has 0 radical (unpaired) electrons. The Labute approximate surface area is 143 Å². The van der Waals surface area contributed by atoms with E-state index in [4.69, 9.17) is 20.5 Å². The molecule has 4 nitrogen and oxygen atoms in total. The molecule has 0 bridgehead atoms. The van der Waals surface area contributed by atoms with E-state index in [-0.39, 0.29) is 24.9 Å². The van der Waals surface area contributed by atoms with Crippen molar-refractivity contribution in [2.24, 2.45) is 5.73 Å². The summed E-state index contributed by atoms with van der Waals surface area (Å²) < 4.78 is 11.5. The van der Waals surface area contributed by atoms with Crippen LogP contribution in [0.4, 0.5) is 0 Å². The Morgan fingerprint density at radius 3 is 2.48 bits per heavy atom. The topological polar surface area (TPSA) is 68.3 Å². The summed E-state index contributed by atoms with van der Waals surface area (Å²) in [5.41, 5.74) is 7.93. The molecule has 0 aliphatic heterocycles. The minimum Gasteiger partial charge on any atom is -0.490 e. The first-order chi connectivity index (χ1) is 10.7. The minimum atomic E-state index is -0.313. The molecule has 0 saturated carbocycles. The predicted octanol–water partition coefficient (Wildman–Crippen LogP) is 4.00. The van der Waals surface area contributed by atoms with Gasteiger partial charge in [-0.25, -0.2) is 0 Å². The standard InChI is InChI=1S/C18H20N2O2.ClH/c1-2-21-18-12-15(16(20)10-11-19)8-9-17(18)22-13-14-6-4-3-5-7-14;/h3-9,12,16H,2,10,13,20H2,1H3;1H/t16-;/m0./s1. The summed E-state index contributed by atoms with van der Waals surface area (Å²) >= 11 is 0. The highest BCUT2D eigenvalue weighted by Gasteiger charge is 2.11. The minimum absolute atomic E-state index is 0. The lowest BCUT2D eigenvalue weighted by molar-refractivity contribution is 0.269. The highest BCUT2D eigenvalue weighted by atomic mass is 35.5. The summed E-state index contributed by atoms with van der Waals surface area (Å²) in [5, 5.41) is 8.75. The normalized spacial score (nSPS) is 11.0. The summed E-state index contributed by atoms with van der Waals surface area (Å²) in [6.45, 7) is 2.94. The van der Waals surface area contributed by atoms with Gasteiger partial charge in [0, 0.05) is 6.04 Å². The maximum absolute atomic E-state index is 8.75. The fourth-order valence-corrected chi connectivity index (χ4v) is 2.09. The van der Waals surface area contributed by atoms with Crippen molar-refractivity contribution in [3.05, 3.63) is 59.7 Å². The maximum atomic E-state index is 8.75. The number of benzene rings is 2. The van der Waals surface area contributed by atoms with Crippen molar-refractivity contribution in [3.8, 4) is 17.6 Å². The molecule has 0 amide bonds. The van der Waals surface area contributed by atoms with Crippen molar-refractivity contribution in [3.63, 3.8) is 0 Å². The van der Waals surface area contributed by atoms with Gasteiger partial charge in [-0.05, 0) is 30.2 Å². The summed E-state index contributed by atoms with van der Waals surface area (Å²) in [5.74, 6) is 1.34. The lowest BCUT2D eigenvalue weighted by Gasteiger charge is -2.15. The van der Waals surface area contributed by atoms with Gasteiger partial charge in [-0.2, -0.15) is 5.26 Å². The van der Waals surface area contributed by atoms with Crippen molar-refractivity contribution in [1.29, 1.82) is 5.26 Å². The Kier molecular flexibility index (Phi) is 7.96. The van der Waals surface area contributed by atoms with E-state index in [0.29, 0.717) is 24.7 Å². The van der Waals surface area contributed by atoms with E-state index in [9.17, 15) is 0 Å². The molecular formula is C18H21ClN2O2. The van der Waals surface area contributed by atoms with Crippen molar-refractivity contribution >= 4 is 12.4 Å². The molecule has 0 spiro atoms. The Morgan fingerprint density at radius 1 is 1.09 bits per heavy atom. The molecule has 23 heavy (non-hydrogen) atoms. The first-order valence-electron chi connectivity index (χ1n) is 7.30.